The summed E-state index contributed by atoms with van der Waals surface area (Å²) in [5.41, 5.74) is 6.68. The fourth-order valence-corrected chi connectivity index (χ4v) is 4.34. The van der Waals surface area contributed by atoms with E-state index < -0.39 is 11.2 Å². The average molecular weight is 462 g/mol. The molecule has 1 aromatic carbocycles. The van der Waals surface area contributed by atoms with E-state index in [1.165, 1.54) is 11.7 Å². The molecule has 1 atom stereocenters. The summed E-state index contributed by atoms with van der Waals surface area (Å²) in [7, 11) is 3.10. The van der Waals surface area contributed by atoms with Crippen LogP contribution in [-0.4, -0.2) is 44.9 Å². The van der Waals surface area contributed by atoms with Crippen LogP contribution in [0.1, 0.15) is 30.9 Å². The number of benzene rings is 1. The number of aryl methyl sites for hydroxylation is 1. The molecule has 0 radical (unpaired) electrons. The van der Waals surface area contributed by atoms with Crippen LogP contribution in [0.25, 0.3) is 11.2 Å². The minimum absolute atomic E-state index is 0.0132. The minimum Gasteiger partial charge on any atom is -0.497 e. The molecule has 3 heterocycles. The molecule has 10 heteroatoms. The number of piperidine rings is 1. The van der Waals surface area contributed by atoms with Gasteiger partial charge in [0.05, 0.1) is 31.8 Å². The molecule has 10 nitrogen and oxygen atoms in total. The molecule has 2 aromatic heterocycles. The van der Waals surface area contributed by atoms with Crippen molar-refractivity contribution in [3.8, 4) is 23.7 Å². The van der Waals surface area contributed by atoms with Gasteiger partial charge in [0, 0.05) is 26.2 Å². The maximum absolute atomic E-state index is 13.7. The number of nitrogens with zero attached hydrogens (tertiary/aromatic N) is 6. The Labute approximate surface area is 196 Å². The summed E-state index contributed by atoms with van der Waals surface area (Å²) in [5, 5.41) is 9.57. The first-order valence-corrected chi connectivity index (χ1v) is 11.1. The molecule has 34 heavy (non-hydrogen) atoms. The number of hydrogen-bond acceptors (Lipinski definition) is 7. The summed E-state index contributed by atoms with van der Waals surface area (Å²) in [6.07, 6.45) is 1.85. The van der Waals surface area contributed by atoms with Gasteiger partial charge in [-0.15, -0.1) is 5.92 Å². The van der Waals surface area contributed by atoms with E-state index in [0.29, 0.717) is 40.5 Å². The van der Waals surface area contributed by atoms with E-state index in [2.05, 4.69) is 22.8 Å². The van der Waals surface area contributed by atoms with Crippen molar-refractivity contribution in [3.05, 3.63) is 50.2 Å². The summed E-state index contributed by atoms with van der Waals surface area (Å²) < 4.78 is 9.45. The first kappa shape index (κ1) is 23.1. The molecule has 1 aliphatic rings. The second kappa shape index (κ2) is 9.46. The average Bonchev–Trinajstić information content (AvgIpc) is 3.23. The van der Waals surface area contributed by atoms with Gasteiger partial charge in [-0.1, -0.05) is 12.0 Å². The van der Waals surface area contributed by atoms with E-state index in [4.69, 9.17) is 15.5 Å². The predicted molar refractivity (Wildman–Crippen MR) is 129 cm³/mol. The normalized spacial score (nSPS) is 15.6. The smallest absolute Gasteiger partial charge is 0.332 e. The van der Waals surface area contributed by atoms with Crippen molar-refractivity contribution in [1.29, 1.82) is 5.26 Å². The van der Waals surface area contributed by atoms with E-state index in [-0.39, 0.29) is 19.1 Å². The molecule has 2 N–H and O–H groups in total. The molecule has 0 amide bonds. The number of hydrogen-bond donors (Lipinski definition) is 1. The lowest BCUT2D eigenvalue weighted by Gasteiger charge is -2.31. The Morgan fingerprint density at radius 3 is 2.76 bits per heavy atom. The van der Waals surface area contributed by atoms with Crippen LogP contribution in [0.15, 0.2) is 27.8 Å². The first-order valence-electron chi connectivity index (χ1n) is 11.1. The molecule has 0 spiro atoms. The van der Waals surface area contributed by atoms with Crippen molar-refractivity contribution in [3.63, 3.8) is 0 Å². The SMILES string of the molecule is CC#CCn1c(N2CCC[C@@H](N)C2)nc2c1c(=O)n(Cc1ccc(OC)cc1C#N)c(=O)n2C. The minimum atomic E-state index is -0.509. The van der Waals surface area contributed by atoms with E-state index in [1.807, 2.05) is 0 Å². The first-order chi connectivity index (χ1) is 16.4. The van der Waals surface area contributed by atoms with Crippen LogP contribution in [0, 0.1) is 23.2 Å². The van der Waals surface area contributed by atoms with Gasteiger partial charge in [0.15, 0.2) is 11.2 Å². The Bertz CT molecular complexity index is 1460. The monoisotopic (exact) mass is 461 g/mol. The fourth-order valence-electron chi connectivity index (χ4n) is 4.34. The maximum Gasteiger partial charge on any atom is 0.332 e. The van der Waals surface area contributed by atoms with Gasteiger partial charge >= 0.3 is 5.69 Å². The highest BCUT2D eigenvalue weighted by Crippen LogP contribution is 2.23. The van der Waals surface area contributed by atoms with Gasteiger partial charge in [-0.05, 0) is 37.5 Å². The molecule has 1 fully saturated rings. The van der Waals surface area contributed by atoms with E-state index in [9.17, 15) is 14.9 Å². The lowest BCUT2D eigenvalue weighted by molar-refractivity contribution is 0.414. The number of methoxy groups -OCH3 is 1. The van der Waals surface area contributed by atoms with Crippen molar-refractivity contribution < 1.29 is 4.74 Å². The van der Waals surface area contributed by atoms with Crippen LogP contribution in [0.3, 0.4) is 0 Å². The van der Waals surface area contributed by atoms with Gasteiger partial charge in [-0.3, -0.25) is 18.5 Å². The quantitative estimate of drug-likeness (QED) is 0.557. The molecule has 0 bridgehead atoms. The van der Waals surface area contributed by atoms with Crippen LogP contribution in [-0.2, 0) is 20.1 Å². The Hall–Kier alpha value is -4.02. The van der Waals surface area contributed by atoms with Gasteiger partial charge in [0.1, 0.15) is 5.75 Å². The Kier molecular flexibility index (Phi) is 6.44. The molecule has 1 saturated heterocycles. The van der Waals surface area contributed by atoms with E-state index in [0.717, 1.165) is 24.0 Å². The number of anilines is 1. The molecule has 0 aliphatic carbocycles. The standard InChI is InChI=1S/C24H27N7O3/c1-4-5-11-30-20-21(27-23(30)29-10-6-7-18(26)15-29)28(2)24(33)31(22(20)32)14-16-8-9-19(34-3)12-17(16)13-25/h8-9,12,18H,6-7,10-11,14-15,26H2,1-3H3/t18-/m1/s1. The fraction of sp³-hybridized carbons (Fsp3) is 0.417. The molecule has 1 aliphatic heterocycles. The van der Waals surface area contributed by atoms with Crippen molar-refractivity contribution in [2.24, 2.45) is 12.8 Å². The second-order valence-corrected chi connectivity index (χ2v) is 8.31. The Morgan fingerprint density at radius 1 is 1.29 bits per heavy atom. The maximum atomic E-state index is 13.7. The molecule has 0 unspecified atom stereocenters. The van der Waals surface area contributed by atoms with E-state index >= 15 is 0 Å². The lowest BCUT2D eigenvalue weighted by atomic mass is 10.1. The highest BCUT2D eigenvalue weighted by Gasteiger charge is 2.26. The number of aromatic nitrogens is 4. The third-order valence-corrected chi connectivity index (χ3v) is 6.13. The molecule has 4 rings (SSSR count). The van der Waals surface area contributed by atoms with Gasteiger partial charge in [-0.2, -0.15) is 10.2 Å². The summed E-state index contributed by atoms with van der Waals surface area (Å²) in [5.74, 6) is 6.99. The number of ether oxygens (including phenoxy) is 1. The zero-order valence-corrected chi connectivity index (χ0v) is 19.5. The number of nitrogens with two attached hydrogens (primary N) is 1. The zero-order chi connectivity index (χ0) is 24.4. The summed E-state index contributed by atoms with van der Waals surface area (Å²) >= 11 is 0. The predicted octanol–water partition coefficient (Wildman–Crippen LogP) is 0.776. The van der Waals surface area contributed by atoms with Crippen LogP contribution in [0.4, 0.5) is 5.95 Å². The second-order valence-electron chi connectivity index (χ2n) is 8.31. The Balaban J connectivity index is 1.92. The van der Waals surface area contributed by atoms with Crippen LogP contribution >= 0.6 is 0 Å². The summed E-state index contributed by atoms with van der Waals surface area (Å²) in [6.45, 7) is 3.31. The highest BCUT2D eigenvalue weighted by atomic mass is 16.5. The largest absolute Gasteiger partial charge is 0.497 e. The van der Waals surface area contributed by atoms with Crippen molar-refractivity contribution >= 4 is 17.1 Å². The topological polar surface area (TPSA) is 124 Å². The third kappa shape index (κ3) is 4.04. The highest BCUT2D eigenvalue weighted by molar-refractivity contribution is 5.75. The van der Waals surface area contributed by atoms with Crippen molar-refractivity contribution in [2.45, 2.75) is 38.9 Å². The van der Waals surface area contributed by atoms with Gasteiger partial charge < -0.3 is 15.4 Å². The van der Waals surface area contributed by atoms with Gasteiger partial charge in [0.25, 0.3) is 5.56 Å². The van der Waals surface area contributed by atoms with Crippen LogP contribution in [0.5, 0.6) is 5.75 Å². The molecular formula is C24H27N7O3. The zero-order valence-electron chi connectivity index (χ0n) is 19.5. The Morgan fingerprint density at radius 2 is 2.09 bits per heavy atom. The van der Waals surface area contributed by atoms with Crippen molar-refractivity contribution in [1.82, 2.24) is 18.7 Å². The van der Waals surface area contributed by atoms with Crippen LogP contribution < -0.4 is 26.6 Å². The summed E-state index contributed by atoms with van der Waals surface area (Å²) in [4.78, 5) is 33.6. The molecule has 3 aromatic rings. The molecular weight excluding hydrogens is 434 g/mol. The number of fused-ring (bicyclic) bond motifs is 1. The van der Waals surface area contributed by atoms with Crippen LogP contribution in [0.2, 0.25) is 0 Å². The third-order valence-electron chi connectivity index (χ3n) is 6.13. The van der Waals surface area contributed by atoms with Gasteiger partial charge in [0.2, 0.25) is 5.95 Å². The van der Waals surface area contributed by atoms with E-state index in [1.54, 1.807) is 36.7 Å². The summed E-state index contributed by atoms with van der Waals surface area (Å²) in [6, 6.07) is 7.10. The number of imidazole rings is 1. The lowest BCUT2D eigenvalue weighted by Crippen LogP contribution is -2.44. The molecule has 176 valence electrons. The van der Waals surface area contributed by atoms with Crippen molar-refractivity contribution in [2.75, 3.05) is 25.1 Å². The molecule has 0 saturated carbocycles. The van der Waals surface area contributed by atoms with Gasteiger partial charge in [-0.25, -0.2) is 4.79 Å². The number of nitriles is 1. The number of rotatable bonds is 5.